The van der Waals surface area contributed by atoms with Crippen LogP contribution in [0.1, 0.15) is 27.0 Å². The number of benzene rings is 1. The second-order valence-electron chi connectivity index (χ2n) is 4.79. The van der Waals surface area contributed by atoms with E-state index in [1.54, 1.807) is 18.2 Å². The van der Waals surface area contributed by atoms with Gasteiger partial charge in [-0.1, -0.05) is 12.1 Å². The summed E-state index contributed by atoms with van der Waals surface area (Å²) in [5.74, 6) is -1.47. The third-order valence-corrected chi connectivity index (χ3v) is 3.44. The molecule has 7 heteroatoms. The van der Waals surface area contributed by atoms with Crippen molar-refractivity contribution in [2.45, 2.75) is 6.92 Å². The molecular formula is C16H13N3O4. The Morgan fingerprint density at radius 2 is 2.04 bits per heavy atom. The van der Waals surface area contributed by atoms with E-state index >= 15 is 0 Å². The van der Waals surface area contributed by atoms with Gasteiger partial charge in [0, 0.05) is 13.3 Å². The average molecular weight is 311 g/mol. The van der Waals surface area contributed by atoms with E-state index in [1.807, 2.05) is 0 Å². The normalized spacial score (nSPS) is 10.7. The second kappa shape index (κ2) is 6.15. The fraction of sp³-hybridized carbons (Fsp3) is 0.125. The molecule has 0 aliphatic carbocycles. The molecule has 1 aromatic carbocycles. The van der Waals surface area contributed by atoms with E-state index < -0.39 is 11.5 Å². The van der Waals surface area contributed by atoms with Crippen molar-refractivity contribution in [2.75, 3.05) is 0 Å². The van der Waals surface area contributed by atoms with Crippen LogP contribution >= 0.6 is 0 Å². The maximum atomic E-state index is 11.9. The Labute approximate surface area is 131 Å². The Kier molecular flexibility index (Phi) is 4.27. The van der Waals surface area contributed by atoms with Crippen molar-refractivity contribution in [2.24, 2.45) is 12.0 Å². The number of para-hydroxylation sites is 1. The zero-order chi connectivity index (χ0) is 17.1. The predicted molar refractivity (Wildman–Crippen MR) is 83.5 cm³/mol. The number of aromatic carboxylic acids is 1. The molecule has 23 heavy (non-hydrogen) atoms. The number of rotatable bonds is 3. The van der Waals surface area contributed by atoms with Crippen LogP contribution in [0.2, 0.25) is 0 Å². The van der Waals surface area contributed by atoms with Gasteiger partial charge >= 0.3 is 5.97 Å². The van der Waals surface area contributed by atoms with E-state index in [0.717, 1.165) is 4.57 Å². The predicted octanol–water partition coefficient (Wildman–Crippen LogP) is 1.72. The van der Waals surface area contributed by atoms with Crippen molar-refractivity contribution in [1.29, 1.82) is 5.26 Å². The summed E-state index contributed by atoms with van der Waals surface area (Å²) in [4.78, 5) is 27.1. The van der Waals surface area contributed by atoms with Gasteiger partial charge in [0.15, 0.2) is 0 Å². The Morgan fingerprint density at radius 3 is 2.65 bits per heavy atom. The van der Waals surface area contributed by atoms with Crippen molar-refractivity contribution in [1.82, 2.24) is 4.57 Å². The molecule has 0 aliphatic heterocycles. The highest BCUT2D eigenvalue weighted by Gasteiger charge is 2.16. The molecule has 0 amide bonds. The largest absolute Gasteiger partial charge is 0.494 e. The van der Waals surface area contributed by atoms with Gasteiger partial charge in [0.05, 0.1) is 16.8 Å². The molecule has 7 nitrogen and oxygen atoms in total. The third kappa shape index (κ3) is 2.82. The van der Waals surface area contributed by atoms with Crippen molar-refractivity contribution in [3.8, 4) is 11.9 Å². The van der Waals surface area contributed by atoms with Crippen molar-refractivity contribution < 1.29 is 15.0 Å². The average Bonchev–Trinajstić information content (AvgIpc) is 2.53. The molecule has 0 aliphatic rings. The molecule has 0 saturated carbocycles. The van der Waals surface area contributed by atoms with Gasteiger partial charge in [-0.3, -0.25) is 14.4 Å². The van der Waals surface area contributed by atoms with Gasteiger partial charge in [0.25, 0.3) is 5.56 Å². The number of carboxylic acid groups (broad SMARTS) is 1. The van der Waals surface area contributed by atoms with Gasteiger partial charge in [-0.25, -0.2) is 4.79 Å². The van der Waals surface area contributed by atoms with Crippen LogP contribution in [0, 0.1) is 18.3 Å². The van der Waals surface area contributed by atoms with Crippen molar-refractivity contribution in [3.63, 3.8) is 0 Å². The molecule has 0 fully saturated rings. The van der Waals surface area contributed by atoms with Gasteiger partial charge in [0.1, 0.15) is 11.6 Å². The number of nitrogens with zero attached hydrogens (tertiary/aromatic N) is 3. The maximum absolute atomic E-state index is 11.9. The van der Waals surface area contributed by atoms with Crippen LogP contribution in [0.25, 0.3) is 0 Å². The molecule has 2 aromatic rings. The monoisotopic (exact) mass is 311 g/mol. The molecule has 0 radical (unpaired) electrons. The fourth-order valence-corrected chi connectivity index (χ4v) is 2.09. The van der Waals surface area contributed by atoms with E-state index in [9.17, 15) is 14.7 Å². The summed E-state index contributed by atoms with van der Waals surface area (Å²) in [5, 5.41) is 28.3. The molecule has 0 spiro atoms. The number of carbonyl (C=O) groups is 1. The molecule has 2 N–H and O–H groups in total. The minimum atomic E-state index is -1.13. The second-order valence-corrected chi connectivity index (χ2v) is 4.79. The molecule has 0 bridgehead atoms. The number of nitriles is 1. The molecule has 2 rings (SSSR count). The van der Waals surface area contributed by atoms with Crippen molar-refractivity contribution in [3.05, 3.63) is 56.9 Å². The number of aliphatic imine (C=N–C) groups is 1. The number of pyridine rings is 1. The lowest BCUT2D eigenvalue weighted by atomic mass is 10.1. The van der Waals surface area contributed by atoms with Crippen LogP contribution < -0.4 is 5.56 Å². The Balaban J connectivity index is 2.63. The van der Waals surface area contributed by atoms with Crippen molar-refractivity contribution >= 4 is 17.9 Å². The Hall–Kier alpha value is -3.40. The molecule has 1 heterocycles. The first-order valence-electron chi connectivity index (χ1n) is 6.57. The smallest absolute Gasteiger partial charge is 0.337 e. The van der Waals surface area contributed by atoms with Crippen LogP contribution in [0.5, 0.6) is 5.88 Å². The van der Waals surface area contributed by atoms with E-state index in [0.29, 0.717) is 0 Å². The maximum Gasteiger partial charge on any atom is 0.337 e. The first kappa shape index (κ1) is 16.0. The van der Waals surface area contributed by atoms with E-state index in [1.165, 1.54) is 32.3 Å². The Bertz CT molecular complexity index is 920. The highest BCUT2D eigenvalue weighted by Crippen LogP contribution is 2.22. The summed E-state index contributed by atoms with van der Waals surface area (Å²) in [7, 11) is 1.33. The highest BCUT2D eigenvalue weighted by molar-refractivity contribution is 5.95. The Morgan fingerprint density at radius 1 is 1.39 bits per heavy atom. The lowest BCUT2D eigenvalue weighted by Gasteiger charge is -2.09. The first-order valence-corrected chi connectivity index (χ1v) is 6.57. The quantitative estimate of drug-likeness (QED) is 0.837. The standard InChI is InChI=1S/C16H13N3O4/c1-9-11(7-17)14(20)19(2)15(21)12(9)8-18-13-6-4-3-5-10(13)16(22)23/h3-6,8,21H,1-2H3,(H,22,23). The van der Waals surface area contributed by atoms with Crippen LogP contribution in [0.15, 0.2) is 34.1 Å². The summed E-state index contributed by atoms with van der Waals surface area (Å²) in [6, 6.07) is 7.93. The third-order valence-electron chi connectivity index (χ3n) is 3.44. The summed E-state index contributed by atoms with van der Waals surface area (Å²) < 4.78 is 0.940. The van der Waals surface area contributed by atoms with Gasteiger partial charge in [0.2, 0.25) is 5.88 Å². The van der Waals surface area contributed by atoms with E-state index in [-0.39, 0.29) is 33.8 Å². The summed E-state index contributed by atoms with van der Waals surface area (Å²) in [6.45, 7) is 1.52. The van der Waals surface area contributed by atoms with Gasteiger partial charge < -0.3 is 10.2 Å². The van der Waals surface area contributed by atoms with Crippen LogP contribution in [-0.2, 0) is 7.05 Å². The van der Waals surface area contributed by atoms with E-state index in [2.05, 4.69) is 4.99 Å². The van der Waals surface area contributed by atoms with Crippen LogP contribution in [0.3, 0.4) is 0 Å². The molecule has 0 atom stereocenters. The number of carboxylic acids is 1. The zero-order valence-corrected chi connectivity index (χ0v) is 12.4. The summed E-state index contributed by atoms with van der Waals surface area (Å²) in [5.41, 5.74) is -0.0327. The molecule has 0 saturated heterocycles. The number of hydrogen-bond acceptors (Lipinski definition) is 5. The number of hydrogen-bond donors (Lipinski definition) is 2. The van der Waals surface area contributed by atoms with Gasteiger partial charge in [-0.2, -0.15) is 5.26 Å². The molecule has 116 valence electrons. The van der Waals surface area contributed by atoms with Gasteiger partial charge in [-0.05, 0) is 24.6 Å². The van der Waals surface area contributed by atoms with Gasteiger partial charge in [-0.15, -0.1) is 0 Å². The fourth-order valence-electron chi connectivity index (χ4n) is 2.09. The lowest BCUT2D eigenvalue weighted by Crippen LogP contribution is -2.22. The first-order chi connectivity index (χ1) is 10.9. The molecule has 0 unspecified atom stereocenters. The minimum Gasteiger partial charge on any atom is -0.494 e. The van der Waals surface area contributed by atoms with Crippen LogP contribution in [-0.4, -0.2) is 27.0 Å². The SMILES string of the molecule is Cc1c(C=Nc2ccccc2C(=O)O)c(O)n(C)c(=O)c1C#N. The molecule has 1 aromatic heterocycles. The number of aromatic nitrogens is 1. The zero-order valence-electron chi connectivity index (χ0n) is 12.4. The lowest BCUT2D eigenvalue weighted by molar-refractivity contribution is 0.0698. The minimum absolute atomic E-state index is 0.00576. The highest BCUT2D eigenvalue weighted by atomic mass is 16.4. The van der Waals surface area contributed by atoms with E-state index in [4.69, 9.17) is 10.4 Å². The molecular weight excluding hydrogens is 298 g/mol. The summed E-state index contributed by atoms with van der Waals surface area (Å²) >= 11 is 0. The summed E-state index contributed by atoms with van der Waals surface area (Å²) in [6.07, 6.45) is 1.24. The topological polar surface area (TPSA) is 116 Å². The number of aromatic hydroxyl groups is 1. The van der Waals surface area contributed by atoms with Crippen LogP contribution in [0.4, 0.5) is 5.69 Å².